The Morgan fingerprint density at radius 3 is 2.70 bits per heavy atom. The van der Waals surface area contributed by atoms with Crippen LogP contribution >= 0.6 is 0 Å². The molecule has 1 heterocycles. The van der Waals surface area contributed by atoms with E-state index in [1.165, 1.54) is 6.42 Å². The first kappa shape index (κ1) is 17.2. The number of urea groups is 1. The van der Waals surface area contributed by atoms with Gasteiger partial charge in [0, 0.05) is 32.3 Å². The molecule has 1 aliphatic rings. The van der Waals surface area contributed by atoms with E-state index in [0.29, 0.717) is 6.04 Å². The molecule has 0 saturated carbocycles. The summed E-state index contributed by atoms with van der Waals surface area (Å²) in [5, 5.41) is 3.09. The Morgan fingerprint density at radius 1 is 1.50 bits per heavy atom. The van der Waals surface area contributed by atoms with E-state index in [1.54, 1.807) is 7.11 Å². The maximum absolute atomic E-state index is 12.3. The third kappa shape index (κ3) is 5.29. The highest BCUT2D eigenvalue weighted by atomic mass is 16.5. The summed E-state index contributed by atoms with van der Waals surface area (Å²) < 4.78 is 5.41. The molecule has 0 aliphatic carbocycles. The first-order chi connectivity index (χ1) is 9.25. The topological polar surface area (TPSA) is 44.8 Å². The number of piperidine rings is 1. The lowest BCUT2D eigenvalue weighted by Crippen LogP contribution is -2.52. The Morgan fingerprint density at radius 2 is 2.15 bits per heavy atom. The number of hydrogen-bond acceptors (Lipinski definition) is 3. The van der Waals surface area contributed by atoms with Crippen molar-refractivity contribution in [3.63, 3.8) is 0 Å². The minimum absolute atomic E-state index is 0.0518. The van der Waals surface area contributed by atoms with Gasteiger partial charge in [-0.1, -0.05) is 0 Å². The van der Waals surface area contributed by atoms with Crippen LogP contribution in [-0.2, 0) is 4.74 Å². The highest BCUT2D eigenvalue weighted by molar-refractivity contribution is 5.74. The molecule has 2 amide bonds. The molecule has 5 nitrogen and oxygen atoms in total. The number of carbonyl (C=O) groups is 1. The minimum Gasteiger partial charge on any atom is -0.379 e. The van der Waals surface area contributed by atoms with E-state index >= 15 is 0 Å². The first-order valence-corrected chi connectivity index (χ1v) is 7.52. The second kappa shape index (κ2) is 7.27. The van der Waals surface area contributed by atoms with Crippen LogP contribution in [0.5, 0.6) is 0 Å². The van der Waals surface area contributed by atoms with Crippen molar-refractivity contribution in [1.82, 2.24) is 15.1 Å². The Hall–Kier alpha value is -0.810. The Labute approximate surface area is 123 Å². The zero-order valence-corrected chi connectivity index (χ0v) is 13.9. The molecule has 0 spiro atoms. The van der Waals surface area contributed by atoms with Gasteiger partial charge in [-0.2, -0.15) is 0 Å². The molecule has 1 aliphatic heterocycles. The predicted molar refractivity (Wildman–Crippen MR) is 82.0 cm³/mol. The second-order valence-electron chi connectivity index (χ2n) is 6.72. The summed E-state index contributed by atoms with van der Waals surface area (Å²) in [6.07, 6.45) is 3.05. The van der Waals surface area contributed by atoms with E-state index in [9.17, 15) is 4.79 Å². The second-order valence-corrected chi connectivity index (χ2v) is 6.72. The summed E-state index contributed by atoms with van der Waals surface area (Å²) >= 11 is 0. The largest absolute Gasteiger partial charge is 0.379 e. The molecule has 1 fully saturated rings. The van der Waals surface area contributed by atoms with Gasteiger partial charge in [-0.05, 0) is 54.1 Å². The molecule has 20 heavy (non-hydrogen) atoms. The molecular formula is C15H31N3O2. The first-order valence-electron chi connectivity index (χ1n) is 7.52. The lowest BCUT2D eigenvalue weighted by atomic mass is 10.00. The van der Waals surface area contributed by atoms with Crippen LogP contribution in [0.1, 0.15) is 40.0 Å². The van der Waals surface area contributed by atoms with Crippen LogP contribution in [0.2, 0.25) is 0 Å². The van der Waals surface area contributed by atoms with Gasteiger partial charge in [0.05, 0.1) is 5.60 Å². The molecule has 0 aromatic heterocycles. The third-order valence-corrected chi connectivity index (χ3v) is 4.13. The van der Waals surface area contributed by atoms with Gasteiger partial charge in [-0.3, -0.25) is 0 Å². The maximum Gasteiger partial charge on any atom is 0.317 e. The fourth-order valence-corrected chi connectivity index (χ4v) is 2.73. The van der Waals surface area contributed by atoms with Crippen LogP contribution in [0.25, 0.3) is 0 Å². The Kier molecular flexibility index (Phi) is 6.27. The lowest BCUT2D eigenvalue weighted by Gasteiger charge is -2.37. The number of methoxy groups -OCH3 is 1. The maximum atomic E-state index is 12.3. The van der Waals surface area contributed by atoms with Crippen LogP contribution in [0.4, 0.5) is 4.79 Å². The van der Waals surface area contributed by atoms with Gasteiger partial charge in [-0.25, -0.2) is 4.79 Å². The van der Waals surface area contributed by atoms with Crippen molar-refractivity contribution in [3.8, 4) is 0 Å². The molecule has 5 heteroatoms. The molecule has 0 aromatic carbocycles. The molecule has 0 radical (unpaired) electrons. The summed E-state index contributed by atoms with van der Waals surface area (Å²) in [5.41, 5.74) is -0.208. The summed E-state index contributed by atoms with van der Waals surface area (Å²) in [6.45, 7) is 7.79. The van der Waals surface area contributed by atoms with E-state index < -0.39 is 0 Å². The molecule has 2 atom stereocenters. The summed E-state index contributed by atoms with van der Waals surface area (Å²) in [5.74, 6) is 0. The number of likely N-dealkylation sites (N-methyl/N-ethyl adjacent to an activating group) is 1. The summed E-state index contributed by atoms with van der Waals surface area (Å²) in [6, 6.07) is 0.633. The molecule has 0 aromatic rings. The van der Waals surface area contributed by atoms with Crippen molar-refractivity contribution in [2.45, 2.75) is 57.7 Å². The average Bonchev–Trinajstić information content (AvgIpc) is 2.38. The number of nitrogens with one attached hydrogen (secondary N) is 1. The number of hydrogen-bond donors (Lipinski definition) is 1. The molecule has 1 saturated heterocycles. The van der Waals surface area contributed by atoms with Crippen molar-refractivity contribution in [3.05, 3.63) is 0 Å². The minimum atomic E-state index is -0.208. The van der Waals surface area contributed by atoms with Crippen molar-refractivity contribution in [2.24, 2.45) is 0 Å². The van der Waals surface area contributed by atoms with Crippen LogP contribution in [0, 0.1) is 0 Å². The van der Waals surface area contributed by atoms with E-state index in [2.05, 4.69) is 24.3 Å². The van der Waals surface area contributed by atoms with Crippen LogP contribution in [-0.4, -0.2) is 67.8 Å². The smallest absolute Gasteiger partial charge is 0.317 e. The zero-order chi connectivity index (χ0) is 15.3. The van der Waals surface area contributed by atoms with E-state index in [0.717, 1.165) is 25.9 Å². The Bertz CT molecular complexity index is 318. The summed E-state index contributed by atoms with van der Waals surface area (Å²) in [7, 11) is 5.87. The van der Waals surface area contributed by atoms with Crippen LogP contribution in [0.15, 0.2) is 0 Å². The fourth-order valence-electron chi connectivity index (χ4n) is 2.73. The lowest BCUT2D eigenvalue weighted by molar-refractivity contribution is 0.00896. The molecule has 1 rings (SSSR count). The summed E-state index contributed by atoms with van der Waals surface area (Å²) in [4.78, 5) is 16.4. The highest BCUT2D eigenvalue weighted by Gasteiger charge is 2.27. The number of carbonyl (C=O) groups excluding carboxylic acids is 1. The van der Waals surface area contributed by atoms with Crippen molar-refractivity contribution >= 4 is 6.03 Å². The average molecular weight is 285 g/mol. The predicted octanol–water partition coefficient (Wildman–Crippen LogP) is 1.93. The van der Waals surface area contributed by atoms with E-state index in [-0.39, 0.29) is 17.7 Å². The SMILES string of the molecule is COC(C)(C)CC(C)NC(=O)N1CCCC(N(C)C)C1. The van der Waals surface area contributed by atoms with E-state index in [4.69, 9.17) is 4.74 Å². The molecule has 2 unspecified atom stereocenters. The monoisotopic (exact) mass is 285 g/mol. The fraction of sp³-hybridized carbons (Fsp3) is 0.933. The van der Waals surface area contributed by atoms with Gasteiger partial charge in [0.2, 0.25) is 0 Å². The van der Waals surface area contributed by atoms with E-state index in [1.807, 2.05) is 25.7 Å². The number of ether oxygens (including phenoxy) is 1. The van der Waals surface area contributed by atoms with Crippen LogP contribution in [0.3, 0.4) is 0 Å². The van der Waals surface area contributed by atoms with Crippen molar-refractivity contribution in [1.29, 1.82) is 0 Å². The Balaban J connectivity index is 2.45. The molecule has 118 valence electrons. The normalized spacial score (nSPS) is 21.9. The van der Waals surface area contributed by atoms with Crippen LogP contribution < -0.4 is 5.32 Å². The van der Waals surface area contributed by atoms with Crippen molar-refractivity contribution < 1.29 is 9.53 Å². The highest BCUT2D eigenvalue weighted by Crippen LogP contribution is 2.17. The molecule has 1 N–H and O–H groups in total. The number of amides is 2. The standard InChI is InChI=1S/C15H31N3O2/c1-12(10-15(2,3)20-6)16-14(19)18-9-7-8-13(11-18)17(4)5/h12-13H,7-11H2,1-6H3,(H,16,19). The van der Waals surface area contributed by atoms with Gasteiger partial charge in [-0.15, -0.1) is 0 Å². The number of rotatable bonds is 5. The molecular weight excluding hydrogens is 254 g/mol. The quantitative estimate of drug-likeness (QED) is 0.839. The number of likely N-dealkylation sites (tertiary alicyclic amines) is 1. The van der Waals surface area contributed by atoms with Gasteiger partial charge < -0.3 is 19.9 Å². The zero-order valence-electron chi connectivity index (χ0n) is 13.9. The van der Waals surface area contributed by atoms with Gasteiger partial charge in [0.1, 0.15) is 0 Å². The third-order valence-electron chi connectivity index (χ3n) is 4.13. The van der Waals surface area contributed by atoms with Gasteiger partial charge in [0.15, 0.2) is 0 Å². The molecule has 0 bridgehead atoms. The number of nitrogens with zero attached hydrogens (tertiary/aromatic N) is 2. The van der Waals surface area contributed by atoms with Crippen molar-refractivity contribution in [2.75, 3.05) is 34.3 Å². The van der Waals surface area contributed by atoms with Gasteiger partial charge >= 0.3 is 6.03 Å². The van der Waals surface area contributed by atoms with Gasteiger partial charge in [0.25, 0.3) is 0 Å².